The Morgan fingerprint density at radius 2 is 1.18 bits per heavy atom. The Hall–Kier alpha value is -2.67. The first-order valence-corrected chi connectivity index (χ1v) is 14.3. The molecule has 0 amide bonds. The standard InChI is InChI=1S/C18H28O3.C13H18O3S.CH4/c1-17(2,3)13-10-12(8-9-15(19)21-7)11-14(16(13)20)18(4,5)6;1-9-6-11(7-10(2)13(9)15)4-5-12(14)16-8-17-3;/h10-11,20H,8-9H2,1-7H3;6-7,15H,4-5,8H2,1-3H3;1H4. The Kier molecular flexibility index (Phi) is 14.7. The first-order valence-electron chi connectivity index (χ1n) is 12.9. The molecular weight excluding hydrogens is 512 g/mol. The van der Waals surface area contributed by atoms with Crippen LogP contribution < -0.4 is 0 Å². The van der Waals surface area contributed by atoms with E-state index in [4.69, 9.17) is 9.47 Å². The van der Waals surface area contributed by atoms with Gasteiger partial charge >= 0.3 is 11.9 Å². The van der Waals surface area contributed by atoms with Crippen molar-refractivity contribution in [3.05, 3.63) is 57.6 Å². The molecule has 0 saturated carbocycles. The second-order valence-corrected chi connectivity index (χ2v) is 12.4. The summed E-state index contributed by atoms with van der Waals surface area (Å²) in [4.78, 5) is 22.7. The topological polar surface area (TPSA) is 93.1 Å². The summed E-state index contributed by atoms with van der Waals surface area (Å²) < 4.78 is 9.67. The van der Waals surface area contributed by atoms with Crippen molar-refractivity contribution in [3.63, 3.8) is 0 Å². The van der Waals surface area contributed by atoms with Crippen molar-refractivity contribution in [2.45, 2.75) is 99.3 Å². The molecule has 2 aromatic carbocycles. The number of esters is 2. The zero-order valence-corrected chi connectivity index (χ0v) is 25.6. The Balaban J connectivity index is 0.000000737. The van der Waals surface area contributed by atoms with E-state index >= 15 is 0 Å². The quantitative estimate of drug-likeness (QED) is 0.254. The molecule has 7 heteroatoms. The van der Waals surface area contributed by atoms with Gasteiger partial charge in [-0.3, -0.25) is 9.59 Å². The molecule has 0 aliphatic rings. The molecule has 2 rings (SSSR count). The molecule has 6 nitrogen and oxygen atoms in total. The van der Waals surface area contributed by atoms with Crippen LogP contribution in [0.4, 0.5) is 0 Å². The van der Waals surface area contributed by atoms with Crippen molar-refractivity contribution in [1.82, 2.24) is 0 Å². The Morgan fingerprint density at radius 1 is 0.769 bits per heavy atom. The second-order valence-electron chi connectivity index (χ2n) is 11.6. The van der Waals surface area contributed by atoms with Crippen molar-refractivity contribution in [3.8, 4) is 11.5 Å². The molecule has 0 aliphatic heterocycles. The number of aromatic hydroxyl groups is 2. The van der Waals surface area contributed by atoms with Crippen LogP contribution in [-0.4, -0.2) is 41.5 Å². The van der Waals surface area contributed by atoms with Gasteiger partial charge < -0.3 is 19.7 Å². The number of hydrogen-bond donors (Lipinski definition) is 2. The molecule has 0 spiro atoms. The van der Waals surface area contributed by atoms with Crippen molar-refractivity contribution in [2.24, 2.45) is 0 Å². The van der Waals surface area contributed by atoms with Gasteiger partial charge in [-0.15, -0.1) is 11.8 Å². The molecule has 0 radical (unpaired) electrons. The third-order valence-electron chi connectivity index (χ3n) is 6.14. The number of ether oxygens (including phenoxy) is 2. The molecule has 0 unspecified atom stereocenters. The van der Waals surface area contributed by atoms with Gasteiger partial charge in [0.15, 0.2) is 0 Å². The fourth-order valence-corrected chi connectivity index (χ4v) is 4.21. The highest BCUT2D eigenvalue weighted by Crippen LogP contribution is 2.40. The number of methoxy groups -OCH3 is 1. The molecule has 2 aromatic rings. The molecule has 2 N–H and O–H groups in total. The van der Waals surface area contributed by atoms with E-state index in [9.17, 15) is 19.8 Å². The Morgan fingerprint density at radius 3 is 1.56 bits per heavy atom. The lowest BCUT2D eigenvalue weighted by molar-refractivity contribution is -0.141. The van der Waals surface area contributed by atoms with Crippen LogP contribution in [0.25, 0.3) is 0 Å². The van der Waals surface area contributed by atoms with Crippen LogP contribution in [0, 0.1) is 13.8 Å². The van der Waals surface area contributed by atoms with Gasteiger partial charge in [-0.25, -0.2) is 0 Å². The molecule has 39 heavy (non-hydrogen) atoms. The number of benzene rings is 2. The van der Waals surface area contributed by atoms with Gasteiger partial charge in [0.1, 0.15) is 17.4 Å². The molecular formula is C32H50O6S. The molecule has 0 heterocycles. The largest absolute Gasteiger partial charge is 0.507 e. The third-order valence-corrected chi connectivity index (χ3v) is 6.49. The molecule has 0 saturated heterocycles. The number of phenolic OH excluding ortho intramolecular Hbond substituents is 2. The lowest BCUT2D eigenvalue weighted by Gasteiger charge is -2.28. The minimum absolute atomic E-state index is 0. The van der Waals surface area contributed by atoms with Crippen LogP contribution in [0.5, 0.6) is 11.5 Å². The predicted molar refractivity (Wildman–Crippen MR) is 163 cm³/mol. The second kappa shape index (κ2) is 15.8. The predicted octanol–water partition coefficient (Wildman–Crippen LogP) is 7.53. The van der Waals surface area contributed by atoms with Gasteiger partial charge in [-0.1, -0.05) is 73.2 Å². The summed E-state index contributed by atoms with van der Waals surface area (Å²) in [6.07, 6.45) is 3.90. The van der Waals surface area contributed by atoms with Gasteiger partial charge in [0.2, 0.25) is 0 Å². The van der Waals surface area contributed by atoms with Crippen LogP contribution in [0.15, 0.2) is 24.3 Å². The lowest BCUT2D eigenvalue weighted by atomic mass is 9.78. The maximum Gasteiger partial charge on any atom is 0.306 e. The maximum absolute atomic E-state index is 11.3. The van der Waals surface area contributed by atoms with E-state index in [2.05, 4.69) is 41.5 Å². The Bertz CT molecular complexity index is 1030. The van der Waals surface area contributed by atoms with Crippen molar-refractivity contribution < 1.29 is 29.3 Å². The van der Waals surface area contributed by atoms with Gasteiger partial charge in [0.25, 0.3) is 0 Å². The SMILES string of the molecule is C.COC(=O)CCc1cc(C(C)(C)C)c(O)c(C(C)(C)C)c1.CSCOC(=O)CCc1cc(C)c(O)c(C)c1. The average Bonchev–Trinajstić information content (AvgIpc) is 2.82. The number of carbonyl (C=O) groups is 2. The van der Waals surface area contributed by atoms with Crippen LogP contribution >= 0.6 is 11.8 Å². The molecule has 220 valence electrons. The monoisotopic (exact) mass is 562 g/mol. The molecule has 0 aromatic heterocycles. The van der Waals surface area contributed by atoms with Crippen LogP contribution in [0.3, 0.4) is 0 Å². The van der Waals surface area contributed by atoms with E-state index in [1.165, 1.54) is 18.9 Å². The van der Waals surface area contributed by atoms with Gasteiger partial charge in [-0.05, 0) is 77.2 Å². The lowest BCUT2D eigenvalue weighted by Crippen LogP contribution is -2.18. The smallest absolute Gasteiger partial charge is 0.306 e. The Labute approximate surface area is 240 Å². The van der Waals surface area contributed by atoms with Gasteiger partial charge in [0.05, 0.1) is 7.11 Å². The zero-order chi connectivity index (χ0) is 29.3. The highest BCUT2D eigenvalue weighted by atomic mass is 32.2. The number of rotatable bonds is 8. The van der Waals surface area contributed by atoms with E-state index < -0.39 is 0 Å². The van der Waals surface area contributed by atoms with Crippen LogP contribution in [0.1, 0.15) is 95.2 Å². The number of phenols is 2. The first-order chi connectivity index (χ1) is 17.5. The summed E-state index contributed by atoms with van der Waals surface area (Å²) in [7, 11) is 1.40. The van der Waals surface area contributed by atoms with Crippen molar-refractivity contribution in [2.75, 3.05) is 19.3 Å². The number of thioether (sulfide) groups is 1. The van der Waals surface area contributed by atoms with Gasteiger partial charge in [-0.2, -0.15) is 0 Å². The fourth-order valence-electron chi connectivity index (χ4n) is 3.96. The molecule has 0 atom stereocenters. The molecule has 0 aliphatic carbocycles. The van der Waals surface area contributed by atoms with Crippen LogP contribution in [0.2, 0.25) is 0 Å². The highest BCUT2D eigenvalue weighted by molar-refractivity contribution is 7.98. The van der Waals surface area contributed by atoms with E-state index in [-0.39, 0.29) is 30.2 Å². The maximum atomic E-state index is 11.3. The fraction of sp³-hybridized carbons (Fsp3) is 0.562. The minimum atomic E-state index is -0.210. The summed E-state index contributed by atoms with van der Waals surface area (Å²) in [5.41, 5.74) is 5.36. The third kappa shape index (κ3) is 11.9. The molecule has 0 fully saturated rings. The van der Waals surface area contributed by atoms with E-state index in [0.29, 0.717) is 43.1 Å². The van der Waals surface area contributed by atoms with E-state index in [1.54, 1.807) is 0 Å². The summed E-state index contributed by atoms with van der Waals surface area (Å²) >= 11 is 1.48. The first kappa shape index (κ1) is 36.3. The summed E-state index contributed by atoms with van der Waals surface area (Å²) in [5, 5.41) is 20.2. The summed E-state index contributed by atoms with van der Waals surface area (Å²) in [5.74, 6) is 0.725. The highest BCUT2D eigenvalue weighted by Gasteiger charge is 2.26. The molecule has 0 bridgehead atoms. The average molecular weight is 563 g/mol. The normalized spacial score (nSPS) is 11.1. The van der Waals surface area contributed by atoms with Crippen molar-refractivity contribution in [1.29, 1.82) is 0 Å². The number of aryl methyl sites for hydroxylation is 4. The van der Waals surface area contributed by atoms with Crippen molar-refractivity contribution >= 4 is 23.7 Å². The van der Waals surface area contributed by atoms with E-state index in [0.717, 1.165) is 33.4 Å². The van der Waals surface area contributed by atoms with Gasteiger partial charge in [0, 0.05) is 12.8 Å². The van der Waals surface area contributed by atoms with Crippen LogP contribution in [-0.2, 0) is 42.7 Å². The minimum Gasteiger partial charge on any atom is -0.507 e. The van der Waals surface area contributed by atoms with E-state index in [1.807, 2.05) is 44.4 Å². The summed E-state index contributed by atoms with van der Waals surface area (Å²) in [6, 6.07) is 7.83. The zero-order valence-electron chi connectivity index (χ0n) is 24.8. The summed E-state index contributed by atoms with van der Waals surface area (Å²) in [6.45, 7) is 16.2. The number of hydrogen-bond acceptors (Lipinski definition) is 7. The number of carbonyl (C=O) groups excluding carboxylic acids is 2.